The van der Waals surface area contributed by atoms with Gasteiger partial charge in [0.1, 0.15) is 0 Å². The quantitative estimate of drug-likeness (QED) is 0.804. The second kappa shape index (κ2) is 7.31. The molecule has 0 heterocycles. The van der Waals surface area contributed by atoms with Crippen LogP contribution in [0.25, 0.3) is 0 Å². The van der Waals surface area contributed by atoms with Gasteiger partial charge in [0.2, 0.25) is 5.91 Å². The summed E-state index contributed by atoms with van der Waals surface area (Å²) >= 11 is 1.76. The predicted octanol–water partition coefficient (Wildman–Crippen LogP) is 2.41. The second-order valence-electron chi connectivity index (χ2n) is 4.51. The summed E-state index contributed by atoms with van der Waals surface area (Å²) in [5, 5.41) is 0. The Balaban J connectivity index is 2.48. The van der Waals surface area contributed by atoms with Crippen molar-refractivity contribution in [2.45, 2.75) is 25.8 Å². The van der Waals surface area contributed by atoms with E-state index in [2.05, 4.69) is 13.2 Å². The Labute approximate surface area is 114 Å². The fourth-order valence-electron chi connectivity index (χ4n) is 1.78. The van der Waals surface area contributed by atoms with Gasteiger partial charge in [-0.25, -0.2) is 0 Å². The number of aryl methyl sites for hydroxylation is 1. The van der Waals surface area contributed by atoms with Gasteiger partial charge < -0.3 is 10.6 Å². The van der Waals surface area contributed by atoms with E-state index in [1.54, 1.807) is 11.8 Å². The summed E-state index contributed by atoms with van der Waals surface area (Å²) in [6.07, 6.45) is 3.28. The minimum Gasteiger partial charge on any atom is -0.399 e. The summed E-state index contributed by atoms with van der Waals surface area (Å²) in [7, 11) is 1.87. The van der Waals surface area contributed by atoms with Crippen molar-refractivity contribution in [3.63, 3.8) is 0 Å². The molecule has 0 fully saturated rings. The molecule has 0 radical (unpaired) electrons. The van der Waals surface area contributed by atoms with Crippen LogP contribution >= 0.6 is 11.8 Å². The number of carbonyl (C=O) groups is 1. The molecule has 0 aliphatic heterocycles. The molecule has 4 heteroatoms. The molecule has 1 unspecified atom stereocenters. The lowest BCUT2D eigenvalue weighted by atomic mass is 10.1. The zero-order valence-corrected chi connectivity index (χ0v) is 12.2. The summed E-state index contributed by atoms with van der Waals surface area (Å²) in [5.74, 6) is 1.15. The van der Waals surface area contributed by atoms with Crippen molar-refractivity contribution in [3.8, 4) is 0 Å². The Hall–Kier alpha value is -1.16. The first-order valence-electron chi connectivity index (χ1n) is 6.14. The highest BCUT2D eigenvalue weighted by Gasteiger charge is 2.15. The molecule has 1 amide bonds. The van der Waals surface area contributed by atoms with Crippen molar-refractivity contribution in [2.75, 3.05) is 24.8 Å². The minimum atomic E-state index is 0.180. The normalized spacial score (nSPS) is 12.2. The largest absolute Gasteiger partial charge is 0.399 e. The van der Waals surface area contributed by atoms with Crippen molar-refractivity contribution in [2.24, 2.45) is 0 Å². The fourth-order valence-corrected chi connectivity index (χ4v) is 2.48. The molecule has 1 rings (SSSR count). The van der Waals surface area contributed by atoms with E-state index in [0.717, 1.165) is 17.0 Å². The van der Waals surface area contributed by atoms with E-state index in [1.807, 2.05) is 36.2 Å². The summed E-state index contributed by atoms with van der Waals surface area (Å²) in [6, 6.07) is 8.00. The van der Waals surface area contributed by atoms with Crippen molar-refractivity contribution in [3.05, 3.63) is 29.8 Å². The number of nitrogen functional groups attached to an aromatic ring is 1. The molecular formula is C14H22N2OS. The topological polar surface area (TPSA) is 46.3 Å². The second-order valence-corrected chi connectivity index (χ2v) is 5.42. The first-order chi connectivity index (χ1) is 8.56. The van der Waals surface area contributed by atoms with E-state index in [4.69, 9.17) is 5.73 Å². The molecule has 3 nitrogen and oxygen atoms in total. The maximum atomic E-state index is 12.0. The Morgan fingerprint density at radius 2 is 2.11 bits per heavy atom. The fraction of sp³-hybridized carbons (Fsp3) is 0.500. The number of hydrogen-bond donors (Lipinski definition) is 1. The minimum absolute atomic E-state index is 0.180. The van der Waals surface area contributed by atoms with Crippen LogP contribution in [0.5, 0.6) is 0 Å². The van der Waals surface area contributed by atoms with Crippen LogP contribution in [0.2, 0.25) is 0 Å². The van der Waals surface area contributed by atoms with E-state index in [1.165, 1.54) is 0 Å². The number of nitrogens with zero attached hydrogens (tertiary/aromatic N) is 1. The van der Waals surface area contributed by atoms with Crippen molar-refractivity contribution in [1.82, 2.24) is 4.90 Å². The summed E-state index contributed by atoms with van der Waals surface area (Å²) < 4.78 is 0. The number of rotatable bonds is 6. The highest BCUT2D eigenvalue weighted by molar-refractivity contribution is 7.98. The zero-order valence-electron chi connectivity index (χ0n) is 11.3. The van der Waals surface area contributed by atoms with E-state index >= 15 is 0 Å². The number of amides is 1. The van der Waals surface area contributed by atoms with Crippen LogP contribution in [0.15, 0.2) is 24.3 Å². The molecule has 100 valence electrons. The Bertz CT molecular complexity index is 395. The predicted molar refractivity (Wildman–Crippen MR) is 79.8 cm³/mol. The molecule has 1 atom stereocenters. The van der Waals surface area contributed by atoms with Crippen LogP contribution in [0.1, 0.15) is 18.9 Å². The van der Waals surface area contributed by atoms with Gasteiger partial charge in [-0.2, -0.15) is 11.8 Å². The number of nitrogens with two attached hydrogens (primary N) is 1. The number of para-hydroxylation sites is 1. The van der Waals surface area contributed by atoms with Gasteiger partial charge >= 0.3 is 0 Å². The Kier molecular flexibility index (Phi) is 6.05. The first kappa shape index (κ1) is 14.9. The first-order valence-corrected chi connectivity index (χ1v) is 7.53. The van der Waals surface area contributed by atoms with Gasteiger partial charge in [-0.1, -0.05) is 18.2 Å². The number of carbonyl (C=O) groups excluding carboxylic acids is 1. The third kappa shape index (κ3) is 4.26. The molecule has 0 aliphatic carbocycles. The maximum Gasteiger partial charge on any atom is 0.222 e. The Morgan fingerprint density at radius 3 is 2.72 bits per heavy atom. The van der Waals surface area contributed by atoms with Gasteiger partial charge in [-0.3, -0.25) is 4.79 Å². The third-order valence-corrected chi connectivity index (χ3v) is 3.94. The van der Waals surface area contributed by atoms with E-state index in [0.29, 0.717) is 12.8 Å². The van der Waals surface area contributed by atoms with Crippen LogP contribution in [-0.2, 0) is 11.2 Å². The van der Waals surface area contributed by atoms with Crippen LogP contribution < -0.4 is 5.73 Å². The van der Waals surface area contributed by atoms with E-state index in [-0.39, 0.29) is 11.9 Å². The molecule has 0 aliphatic rings. The number of benzene rings is 1. The lowest BCUT2D eigenvalue weighted by molar-refractivity contribution is -0.131. The zero-order chi connectivity index (χ0) is 13.5. The average Bonchev–Trinajstić information content (AvgIpc) is 2.36. The van der Waals surface area contributed by atoms with E-state index in [9.17, 15) is 4.79 Å². The van der Waals surface area contributed by atoms with Crippen LogP contribution in [0.4, 0.5) is 5.69 Å². The van der Waals surface area contributed by atoms with Gasteiger partial charge in [0.15, 0.2) is 0 Å². The summed E-state index contributed by atoms with van der Waals surface area (Å²) in [6.45, 7) is 2.07. The summed E-state index contributed by atoms with van der Waals surface area (Å²) in [4.78, 5) is 13.8. The lowest BCUT2D eigenvalue weighted by Gasteiger charge is -2.24. The van der Waals surface area contributed by atoms with Crippen molar-refractivity contribution < 1.29 is 4.79 Å². The van der Waals surface area contributed by atoms with Gasteiger partial charge in [-0.05, 0) is 31.2 Å². The third-order valence-electron chi connectivity index (χ3n) is 3.13. The molecular weight excluding hydrogens is 244 g/mol. The number of hydrogen-bond acceptors (Lipinski definition) is 3. The summed E-state index contributed by atoms with van der Waals surface area (Å²) in [5.41, 5.74) is 7.68. The SMILES string of the molecule is CSCC(C)N(C)C(=O)CCc1ccccc1N. The molecule has 1 aromatic carbocycles. The van der Waals surface area contributed by atoms with Crippen LogP contribution in [0, 0.1) is 0 Å². The molecule has 0 saturated carbocycles. The number of thioether (sulfide) groups is 1. The molecule has 18 heavy (non-hydrogen) atoms. The maximum absolute atomic E-state index is 12.0. The van der Waals surface area contributed by atoms with E-state index < -0.39 is 0 Å². The van der Waals surface area contributed by atoms with Crippen molar-refractivity contribution in [1.29, 1.82) is 0 Å². The van der Waals surface area contributed by atoms with Gasteiger partial charge in [0.05, 0.1) is 0 Å². The smallest absolute Gasteiger partial charge is 0.222 e. The highest BCUT2D eigenvalue weighted by Crippen LogP contribution is 2.14. The highest BCUT2D eigenvalue weighted by atomic mass is 32.2. The molecule has 1 aromatic rings. The molecule has 0 saturated heterocycles. The van der Waals surface area contributed by atoms with Gasteiger partial charge in [0, 0.05) is 31.0 Å². The van der Waals surface area contributed by atoms with Crippen LogP contribution in [-0.4, -0.2) is 35.9 Å². The monoisotopic (exact) mass is 266 g/mol. The van der Waals surface area contributed by atoms with Crippen molar-refractivity contribution >= 4 is 23.4 Å². The molecule has 2 N–H and O–H groups in total. The molecule has 0 spiro atoms. The van der Waals surface area contributed by atoms with Crippen LogP contribution in [0.3, 0.4) is 0 Å². The van der Waals surface area contributed by atoms with Gasteiger partial charge in [-0.15, -0.1) is 0 Å². The number of anilines is 1. The lowest BCUT2D eigenvalue weighted by Crippen LogP contribution is -2.36. The Morgan fingerprint density at radius 1 is 1.44 bits per heavy atom. The van der Waals surface area contributed by atoms with Gasteiger partial charge in [0.25, 0.3) is 0 Å². The standard InChI is InChI=1S/C14H22N2OS/c1-11(10-18-3)16(2)14(17)9-8-12-6-4-5-7-13(12)15/h4-7,11H,8-10,15H2,1-3H3. The molecule has 0 aromatic heterocycles. The average molecular weight is 266 g/mol. The molecule has 0 bridgehead atoms.